The first-order chi connectivity index (χ1) is 9.22. The van der Waals surface area contributed by atoms with Crippen LogP contribution in [0.4, 0.5) is 5.13 Å². The van der Waals surface area contributed by atoms with Crippen LogP contribution in [-0.2, 0) is 13.5 Å². The first-order valence-electron chi connectivity index (χ1n) is 6.31. The van der Waals surface area contributed by atoms with Crippen LogP contribution in [0.2, 0.25) is 0 Å². The fourth-order valence-electron chi connectivity index (χ4n) is 2.06. The molecule has 1 N–H and O–H groups in total. The molecule has 1 aromatic carbocycles. The number of thiazole rings is 1. The van der Waals surface area contributed by atoms with Gasteiger partial charge in [0, 0.05) is 26.2 Å². The molecule has 0 aliphatic heterocycles. The van der Waals surface area contributed by atoms with Gasteiger partial charge in [-0.15, -0.1) is 0 Å². The Bertz CT molecular complexity index is 698. The van der Waals surface area contributed by atoms with Crippen LogP contribution in [0.5, 0.6) is 0 Å². The second-order valence-corrected chi connectivity index (χ2v) is 5.63. The second kappa shape index (κ2) is 5.01. The molecule has 3 aromatic rings. The quantitative estimate of drug-likeness (QED) is 0.794. The van der Waals surface area contributed by atoms with Crippen molar-refractivity contribution in [3.63, 3.8) is 0 Å². The lowest BCUT2D eigenvalue weighted by Crippen LogP contribution is -2.05. The summed E-state index contributed by atoms with van der Waals surface area (Å²) in [6.07, 6.45) is 2.88. The Morgan fingerprint density at radius 3 is 2.95 bits per heavy atom. The molecule has 0 atom stereocenters. The molecule has 0 radical (unpaired) electrons. The van der Waals surface area contributed by atoms with Crippen LogP contribution in [0.1, 0.15) is 11.3 Å². The Balaban J connectivity index is 1.67. The third-order valence-electron chi connectivity index (χ3n) is 3.05. The fraction of sp³-hybridized carbons (Fsp3) is 0.286. The molecule has 98 valence electrons. The molecule has 2 heterocycles. The largest absolute Gasteiger partial charge is 0.361 e. The van der Waals surface area contributed by atoms with Crippen molar-refractivity contribution < 1.29 is 0 Å². The molecule has 0 bridgehead atoms. The molecule has 0 unspecified atom stereocenters. The minimum atomic E-state index is 0.857. The zero-order valence-electron chi connectivity index (χ0n) is 11.1. The number of aromatic nitrogens is 3. The van der Waals surface area contributed by atoms with Crippen molar-refractivity contribution in [1.82, 2.24) is 14.8 Å². The van der Waals surface area contributed by atoms with Crippen molar-refractivity contribution in [2.45, 2.75) is 13.3 Å². The predicted octanol–water partition coefficient (Wildman–Crippen LogP) is 2.99. The van der Waals surface area contributed by atoms with E-state index in [1.807, 2.05) is 24.0 Å². The van der Waals surface area contributed by atoms with Crippen LogP contribution in [0, 0.1) is 6.92 Å². The summed E-state index contributed by atoms with van der Waals surface area (Å²) in [6, 6.07) is 8.33. The molecule has 0 saturated carbocycles. The van der Waals surface area contributed by atoms with Gasteiger partial charge in [0.2, 0.25) is 0 Å². The van der Waals surface area contributed by atoms with Gasteiger partial charge in [-0.3, -0.25) is 4.68 Å². The summed E-state index contributed by atoms with van der Waals surface area (Å²) in [6.45, 7) is 2.95. The number of nitrogens with zero attached hydrogens (tertiary/aromatic N) is 3. The molecular weight excluding hydrogens is 256 g/mol. The summed E-state index contributed by atoms with van der Waals surface area (Å²) in [5.74, 6) is 0. The third kappa shape index (κ3) is 2.61. The summed E-state index contributed by atoms with van der Waals surface area (Å²) < 4.78 is 3.07. The predicted molar refractivity (Wildman–Crippen MR) is 79.8 cm³/mol. The third-order valence-corrected chi connectivity index (χ3v) is 4.03. The molecule has 0 spiro atoms. The number of aryl methyl sites for hydroxylation is 2. The van der Waals surface area contributed by atoms with Gasteiger partial charge in [-0.25, -0.2) is 4.98 Å². The highest BCUT2D eigenvalue weighted by Crippen LogP contribution is 2.27. The van der Waals surface area contributed by atoms with Gasteiger partial charge < -0.3 is 5.32 Å². The lowest BCUT2D eigenvalue weighted by molar-refractivity contribution is 0.742. The molecule has 0 aliphatic rings. The lowest BCUT2D eigenvalue weighted by atomic mass is 10.2. The molecule has 2 aromatic heterocycles. The smallest absolute Gasteiger partial charge is 0.183 e. The number of benzene rings is 1. The zero-order chi connectivity index (χ0) is 13.2. The highest BCUT2D eigenvalue weighted by Gasteiger charge is 2.05. The van der Waals surface area contributed by atoms with Gasteiger partial charge in [0.1, 0.15) is 0 Å². The van der Waals surface area contributed by atoms with E-state index in [0.717, 1.165) is 29.3 Å². The number of hydrogen-bond acceptors (Lipinski definition) is 4. The summed E-state index contributed by atoms with van der Waals surface area (Å²) in [5, 5.41) is 8.72. The molecule has 0 aliphatic carbocycles. The number of rotatable bonds is 4. The Morgan fingerprint density at radius 1 is 1.32 bits per heavy atom. The van der Waals surface area contributed by atoms with Crippen LogP contribution in [0.15, 0.2) is 30.5 Å². The first kappa shape index (κ1) is 12.2. The molecule has 0 fully saturated rings. The molecule has 5 heteroatoms. The van der Waals surface area contributed by atoms with E-state index >= 15 is 0 Å². The van der Waals surface area contributed by atoms with Gasteiger partial charge >= 0.3 is 0 Å². The summed E-state index contributed by atoms with van der Waals surface area (Å²) in [7, 11) is 1.94. The Morgan fingerprint density at radius 2 is 2.21 bits per heavy atom. The summed E-state index contributed by atoms with van der Waals surface area (Å²) >= 11 is 1.70. The van der Waals surface area contributed by atoms with Gasteiger partial charge in [0.25, 0.3) is 0 Å². The number of para-hydroxylation sites is 1. The average molecular weight is 272 g/mol. The summed E-state index contributed by atoms with van der Waals surface area (Å²) in [4.78, 5) is 4.63. The topological polar surface area (TPSA) is 42.7 Å². The van der Waals surface area contributed by atoms with Crippen LogP contribution >= 0.6 is 11.3 Å². The van der Waals surface area contributed by atoms with Crippen LogP contribution in [-0.4, -0.2) is 21.3 Å². The zero-order valence-corrected chi connectivity index (χ0v) is 11.9. The first-order valence-corrected chi connectivity index (χ1v) is 7.12. The lowest BCUT2D eigenvalue weighted by Gasteiger charge is -1.99. The number of hydrogen-bond donors (Lipinski definition) is 1. The number of anilines is 1. The van der Waals surface area contributed by atoms with Crippen molar-refractivity contribution in [3.8, 4) is 0 Å². The van der Waals surface area contributed by atoms with E-state index in [4.69, 9.17) is 0 Å². The van der Waals surface area contributed by atoms with Gasteiger partial charge in [-0.1, -0.05) is 23.5 Å². The maximum Gasteiger partial charge on any atom is 0.183 e. The number of fused-ring (bicyclic) bond motifs is 1. The van der Waals surface area contributed by atoms with E-state index in [-0.39, 0.29) is 0 Å². The van der Waals surface area contributed by atoms with Gasteiger partial charge in [0.15, 0.2) is 5.13 Å². The second-order valence-electron chi connectivity index (χ2n) is 4.60. The highest BCUT2D eigenvalue weighted by atomic mass is 32.1. The van der Waals surface area contributed by atoms with Crippen molar-refractivity contribution in [1.29, 1.82) is 0 Å². The molecule has 4 nitrogen and oxygen atoms in total. The van der Waals surface area contributed by atoms with E-state index in [2.05, 4.69) is 40.5 Å². The van der Waals surface area contributed by atoms with E-state index < -0.39 is 0 Å². The minimum Gasteiger partial charge on any atom is -0.361 e. The van der Waals surface area contributed by atoms with Crippen LogP contribution in [0.25, 0.3) is 10.2 Å². The summed E-state index contributed by atoms with van der Waals surface area (Å²) in [5.41, 5.74) is 3.44. The monoisotopic (exact) mass is 272 g/mol. The van der Waals surface area contributed by atoms with E-state index in [0.29, 0.717) is 0 Å². The SMILES string of the molecule is Cc1cccc2sc(NCCc3ccn(C)n3)nc12. The maximum atomic E-state index is 4.63. The normalized spacial score (nSPS) is 11.1. The van der Waals surface area contributed by atoms with Crippen molar-refractivity contribution in [2.24, 2.45) is 7.05 Å². The van der Waals surface area contributed by atoms with Crippen LogP contribution < -0.4 is 5.32 Å². The van der Waals surface area contributed by atoms with Crippen molar-refractivity contribution in [3.05, 3.63) is 41.7 Å². The van der Waals surface area contributed by atoms with E-state index in [1.54, 1.807) is 11.3 Å². The molecule has 0 saturated heterocycles. The van der Waals surface area contributed by atoms with Crippen molar-refractivity contribution in [2.75, 3.05) is 11.9 Å². The molecular formula is C14H16N4S. The Kier molecular flexibility index (Phi) is 3.21. The van der Waals surface area contributed by atoms with Crippen LogP contribution in [0.3, 0.4) is 0 Å². The Hall–Kier alpha value is -1.88. The molecule has 19 heavy (non-hydrogen) atoms. The van der Waals surface area contributed by atoms with Gasteiger partial charge in [-0.2, -0.15) is 5.10 Å². The van der Waals surface area contributed by atoms with Gasteiger partial charge in [-0.05, 0) is 24.6 Å². The minimum absolute atomic E-state index is 0.857. The fourth-order valence-corrected chi connectivity index (χ4v) is 3.03. The van der Waals surface area contributed by atoms with E-state index in [9.17, 15) is 0 Å². The Labute approximate surface area is 116 Å². The van der Waals surface area contributed by atoms with Gasteiger partial charge in [0.05, 0.1) is 15.9 Å². The maximum absolute atomic E-state index is 4.63. The van der Waals surface area contributed by atoms with Crippen molar-refractivity contribution >= 4 is 26.7 Å². The highest BCUT2D eigenvalue weighted by molar-refractivity contribution is 7.22. The average Bonchev–Trinajstić information content (AvgIpc) is 2.97. The molecule has 0 amide bonds. The number of nitrogens with one attached hydrogen (secondary N) is 1. The standard InChI is InChI=1S/C14H16N4S/c1-10-4-3-5-12-13(10)16-14(19-12)15-8-6-11-7-9-18(2)17-11/h3-5,7,9H,6,8H2,1-2H3,(H,15,16). The molecule has 3 rings (SSSR count). The van der Waals surface area contributed by atoms with E-state index in [1.165, 1.54) is 10.3 Å².